The second-order valence-corrected chi connectivity index (χ2v) is 11.6. The van der Waals surface area contributed by atoms with Crippen molar-refractivity contribution >= 4 is 27.3 Å². The molecule has 2 aromatic rings. The smallest absolute Gasteiger partial charge is 0.340 e. The number of nitrogens with zero attached hydrogens (tertiary/aromatic N) is 1. The third kappa shape index (κ3) is 4.92. The summed E-state index contributed by atoms with van der Waals surface area (Å²) in [5, 5.41) is 0. The normalized spacial score (nSPS) is 19.2. The van der Waals surface area contributed by atoms with Crippen LogP contribution in [0.5, 0.6) is 0 Å². The first-order chi connectivity index (χ1) is 15.3. The third-order valence-electron chi connectivity index (χ3n) is 6.15. The van der Waals surface area contributed by atoms with E-state index in [0.29, 0.717) is 19.6 Å². The summed E-state index contributed by atoms with van der Waals surface area (Å²) in [6.45, 7) is 7.22. The summed E-state index contributed by atoms with van der Waals surface area (Å²) >= 11 is 1.18. The van der Waals surface area contributed by atoms with Crippen LogP contribution >= 0.6 is 11.3 Å². The highest BCUT2D eigenvalue weighted by Crippen LogP contribution is 2.37. The van der Waals surface area contributed by atoms with Crippen LogP contribution in [0.3, 0.4) is 0 Å². The number of hydrogen-bond donors (Lipinski definition) is 1. The van der Waals surface area contributed by atoms with Gasteiger partial charge in [0.1, 0.15) is 4.21 Å². The minimum absolute atomic E-state index is 0.0562. The van der Waals surface area contributed by atoms with E-state index in [4.69, 9.17) is 9.47 Å². The van der Waals surface area contributed by atoms with Crippen molar-refractivity contribution in [2.24, 2.45) is 0 Å². The number of hydrogen-bond acceptors (Lipinski definition) is 7. The molecule has 0 bridgehead atoms. The first-order valence-corrected chi connectivity index (χ1v) is 13.2. The largest absolute Gasteiger partial charge is 0.465 e. The van der Waals surface area contributed by atoms with Gasteiger partial charge in [-0.1, -0.05) is 23.8 Å². The molecule has 1 unspecified atom stereocenters. The number of benzene rings is 1. The minimum Gasteiger partial charge on any atom is -0.465 e. The van der Waals surface area contributed by atoms with E-state index in [1.165, 1.54) is 35.1 Å². The molecule has 1 atom stereocenters. The van der Waals surface area contributed by atoms with Gasteiger partial charge in [-0.15, -0.1) is 11.3 Å². The number of esters is 1. The Hall–Kier alpha value is -1.78. The highest BCUT2D eigenvalue weighted by Gasteiger charge is 2.34. The fraction of sp³-hybridized carbons (Fsp3) is 0.522. The van der Waals surface area contributed by atoms with E-state index in [0.717, 1.165) is 36.4 Å². The molecule has 174 valence electrons. The van der Waals surface area contributed by atoms with E-state index in [1.807, 2.05) is 0 Å². The Labute approximate surface area is 193 Å². The summed E-state index contributed by atoms with van der Waals surface area (Å²) in [6.07, 6.45) is 2.26. The summed E-state index contributed by atoms with van der Waals surface area (Å²) in [4.78, 5) is 15.8. The van der Waals surface area contributed by atoms with Gasteiger partial charge in [-0.2, -0.15) is 0 Å². The standard InChI is InChI=1S/C23H30N2O5S2/c1-15-6-7-17(16(2)11-15)13-25-9-8-19-20(14-25)31-23(21(19)22(26)29-3)32(27,28)24-12-18-5-4-10-30-18/h6-7,11,18,24H,4-5,8-10,12-14H2,1-3H3. The molecule has 1 N–H and O–H groups in total. The van der Waals surface area contributed by atoms with Crippen LogP contribution in [0.4, 0.5) is 0 Å². The lowest BCUT2D eigenvalue weighted by molar-refractivity contribution is 0.0595. The number of nitrogens with one attached hydrogen (secondary N) is 1. The first kappa shape index (κ1) is 23.4. The van der Waals surface area contributed by atoms with Crippen molar-refractivity contribution < 1.29 is 22.7 Å². The number of carbonyl (C=O) groups excluding carboxylic acids is 1. The second kappa shape index (κ2) is 9.61. The molecule has 1 saturated heterocycles. The molecule has 1 aromatic heterocycles. The van der Waals surface area contributed by atoms with Gasteiger partial charge < -0.3 is 9.47 Å². The molecular weight excluding hydrogens is 448 g/mol. The monoisotopic (exact) mass is 478 g/mol. The molecule has 9 heteroatoms. The van der Waals surface area contributed by atoms with Crippen LogP contribution in [0.2, 0.25) is 0 Å². The van der Waals surface area contributed by atoms with Crippen LogP contribution in [-0.4, -0.2) is 52.2 Å². The summed E-state index contributed by atoms with van der Waals surface area (Å²) in [6, 6.07) is 6.44. The van der Waals surface area contributed by atoms with Crippen LogP contribution < -0.4 is 4.72 Å². The summed E-state index contributed by atoms with van der Waals surface area (Å²) < 4.78 is 39.4. The molecule has 32 heavy (non-hydrogen) atoms. The number of fused-ring (bicyclic) bond motifs is 1. The molecule has 4 rings (SSSR count). The van der Waals surface area contributed by atoms with E-state index in [2.05, 4.69) is 41.7 Å². The third-order valence-corrected chi connectivity index (χ3v) is 9.31. The molecule has 0 spiro atoms. The summed E-state index contributed by atoms with van der Waals surface area (Å²) in [5.74, 6) is -0.595. The molecule has 1 fully saturated rings. The van der Waals surface area contributed by atoms with E-state index in [9.17, 15) is 13.2 Å². The number of rotatable bonds is 7. The Bertz CT molecular complexity index is 1100. The van der Waals surface area contributed by atoms with Crippen molar-refractivity contribution in [2.45, 2.75) is 56.5 Å². The first-order valence-electron chi connectivity index (χ1n) is 10.9. The average Bonchev–Trinajstić information content (AvgIpc) is 3.41. The van der Waals surface area contributed by atoms with Gasteiger partial charge in [0, 0.05) is 37.7 Å². The molecular formula is C23H30N2O5S2. The fourth-order valence-electron chi connectivity index (χ4n) is 4.40. The Kier molecular flexibility index (Phi) is 7.02. The molecule has 0 aliphatic carbocycles. The fourth-order valence-corrected chi connectivity index (χ4v) is 7.44. The van der Waals surface area contributed by atoms with E-state index >= 15 is 0 Å². The van der Waals surface area contributed by atoms with E-state index in [1.54, 1.807) is 0 Å². The lowest BCUT2D eigenvalue weighted by atomic mass is 10.0. The Morgan fingerprint density at radius 3 is 2.84 bits per heavy atom. The minimum atomic E-state index is -3.85. The van der Waals surface area contributed by atoms with Crippen LogP contribution in [-0.2, 0) is 39.0 Å². The van der Waals surface area contributed by atoms with Gasteiger partial charge in [0.15, 0.2) is 0 Å². The predicted octanol–water partition coefficient (Wildman–Crippen LogP) is 3.17. The molecule has 2 aliphatic heterocycles. The van der Waals surface area contributed by atoms with Crippen molar-refractivity contribution in [1.29, 1.82) is 0 Å². The van der Waals surface area contributed by atoms with Crippen LogP contribution in [0, 0.1) is 13.8 Å². The van der Waals surface area contributed by atoms with Crippen molar-refractivity contribution in [3.8, 4) is 0 Å². The lowest BCUT2D eigenvalue weighted by Crippen LogP contribution is -2.32. The number of carbonyl (C=O) groups is 1. The van der Waals surface area contributed by atoms with Gasteiger partial charge >= 0.3 is 5.97 Å². The van der Waals surface area contributed by atoms with Crippen LogP contribution in [0.25, 0.3) is 0 Å². The van der Waals surface area contributed by atoms with Crippen LogP contribution in [0.1, 0.15) is 50.3 Å². The Balaban J connectivity index is 1.58. The maximum Gasteiger partial charge on any atom is 0.340 e. The summed E-state index contributed by atoms with van der Waals surface area (Å²) in [7, 11) is -2.56. The number of aryl methyl sites for hydroxylation is 2. The second-order valence-electron chi connectivity index (χ2n) is 8.54. The van der Waals surface area contributed by atoms with Gasteiger partial charge in [0.25, 0.3) is 10.0 Å². The Morgan fingerprint density at radius 2 is 2.16 bits per heavy atom. The predicted molar refractivity (Wildman–Crippen MR) is 124 cm³/mol. The SMILES string of the molecule is COC(=O)c1c(S(=O)(=O)NCC2CCCO2)sc2c1CCN(Cc1ccc(C)cc1C)C2. The lowest BCUT2D eigenvalue weighted by Gasteiger charge is -2.27. The molecule has 0 saturated carbocycles. The zero-order chi connectivity index (χ0) is 22.9. The van der Waals surface area contributed by atoms with E-state index in [-0.39, 0.29) is 22.4 Å². The topological polar surface area (TPSA) is 84.9 Å². The highest BCUT2D eigenvalue weighted by atomic mass is 32.2. The highest BCUT2D eigenvalue weighted by molar-refractivity contribution is 7.91. The molecule has 1 aromatic carbocycles. The molecule has 0 amide bonds. The van der Waals surface area contributed by atoms with Gasteiger partial charge in [0.05, 0.1) is 18.8 Å². The van der Waals surface area contributed by atoms with Crippen molar-refractivity contribution in [3.63, 3.8) is 0 Å². The quantitative estimate of drug-likeness (QED) is 0.616. The number of ether oxygens (including phenoxy) is 2. The van der Waals surface area contributed by atoms with Gasteiger partial charge in [-0.3, -0.25) is 4.90 Å². The van der Waals surface area contributed by atoms with Crippen molar-refractivity contribution in [3.05, 3.63) is 50.9 Å². The zero-order valence-corrected chi connectivity index (χ0v) is 20.4. The maximum absolute atomic E-state index is 13.1. The van der Waals surface area contributed by atoms with Crippen molar-refractivity contribution in [2.75, 3.05) is 26.8 Å². The van der Waals surface area contributed by atoms with Crippen molar-refractivity contribution in [1.82, 2.24) is 9.62 Å². The number of thiophene rings is 1. The summed E-state index contributed by atoms with van der Waals surface area (Å²) in [5.41, 5.74) is 4.74. The molecule has 0 radical (unpaired) electrons. The molecule has 3 heterocycles. The Morgan fingerprint density at radius 1 is 1.34 bits per heavy atom. The number of sulfonamides is 1. The molecule has 2 aliphatic rings. The van der Waals surface area contributed by atoms with Gasteiger partial charge in [-0.25, -0.2) is 17.9 Å². The van der Waals surface area contributed by atoms with Gasteiger partial charge in [-0.05, 0) is 49.8 Å². The zero-order valence-electron chi connectivity index (χ0n) is 18.8. The molecule has 7 nitrogen and oxygen atoms in total. The number of methoxy groups -OCH3 is 1. The maximum atomic E-state index is 13.1. The van der Waals surface area contributed by atoms with E-state index < -0.39 is 16.0 Å². The van der Waals surface area contributed by atoms with Gasteiger partial charge in [0.2, 0.25) is 0 Å². The average molecular weight is 479 g/mol. The van der Waals surface area contributed by atoms with Crippen LogP contribution in [0.15, 0.2) is 22.4 Å².